The number of rotatable bonds is 3. The molecule has 2 rings (SSSR count). The summed E-state index contributed by atoms with van der Waals surface area (Å²) in [7, 11) is 1.41. The second-order valence-electron chi connectivity index (χ2n) is 6.25. The molecule has 0 spiro atoms. The van der Waals surface area contributed by atoms with Gasteiger partial charge in [0.05, 0.1) is 7.11 Å². The van der Waals surface area contributed by atoms with E-state index in [0.29, 0.717) is 0 Å². The summed E-state index contributed by atoms with van der Waals surface area (Å²) in [6.07, 6.45) is 4.40. The number of hydrogen-bond donors (Lipinski definition) is 0. The van der Waals surface area contributed by atoms with Gasteiger partial charge in [0.25, 0.3) is 0 Å². The molecule has 112 valence electrons. The van der Waals surface area contributed by atoms with Crippen molar-refractivity contribution in [2.24, 2.45) is 11.3 Å². The largest absolute Gasteiger partial charge is 0.497 e. The Labute approximate surface area is 127 Å². The quantitative estimate of drug-likeness (QED) is 0.644. The van der Waals surface area contributed by atoms with Gasteiger partial charge in [-0.3, -0.25) is 0 Å². The summed E-state index contributed by atoms with van der Waals surface area (Å²) in [6, 6.07) is 2.50. The number of halogens is 3. The Morgan fingerprint density at radius 3 is 2.35 bits per heavy atom. The second-order valence-corrected chi connectivity index (χ2v) is 7.23. The number of hydrogen-bond acceptors (Lipinski definition) is 1. The molecule has 0 N–H and O–H groups in total. The topological polar surface area (TPSA) is 9.23 Å². The first-order valence-corrected chi connectivity index (χ1v) is 7.95. The van der Waals surface area contributed by atoms with E-state index >= 15 is 0 Å². The lowest BCUT2D eigenvalue weighted by atomic mass is 9.66. The Kier molecular flexibility index (Phi) is 4.73. The highest BCUT2D eigenvalue weighted by Crippen LogP contribution is 2.51. The van der Waals surface area contributed by atoms with Crippen molar-refractivity contribution in [2.45, 2.75) is 44.4 Å². The Bertz CT molecular complexity index is 464. The zero-order valence-electron chi connectivity index (χ0n) is 12.2. The van der Waals surface area contributed by atoms with Crippen LogP contribution >= 0.6 is 15.9 Å². The van der Waals surface area contributed by atoms with Gasteiger partial charge in [0, 0.05) is 22.5 Å². The zero-order valence-corrected chi connectivity index (χ0v) is 13.8. The molecule has 1 aromatic rings. The maximum Gasteiger partial charge on any atom is 0.134 e. The molecule has 0 amide bonds. The molecule has 2 unspecified atom stereocenters. The van der Waals surface area contributed by atoms with Crippen molar-refractivity contribution in [1.29, 1.82) is 0 Å². The van der Waals surface area contributed by atoms with Gasteiger partial charge in [-0.25, -0.2) is 8.78 Å². The first-order valence-electron chi connectivity index (χ1n) is 7.04. The summed E-state index contributed by atoms with van der Waals surface area (Å²) in [5, 5.41) is 0. The van der Waals surface area contributed by atoms with Crippen molar-refractivity contribution in [3.63, 3.8) is 0 Å². The highest BCUT2D eigenvalue weighted by atomic mass is 79.9. The fourth-order valence-electron chi connectivity index (χ4n) is 3.21. The van der Waals surface area contributed by atoms with Crippen LogP contribution in [0.1, 0.15) is 49.9 Å². The van der Waals surface area contributed by atoms with Crippen LogP contribution in [-0.4, -0.2) is 7.11 Å². The number of benzene rings is 1. The monoisotopic (exact) mass is 346 g/mol. The molecule has 1 aliphatic carbocycles. The molecule has 0 aliphatic heterocycles. The van der Waals surface area contributed by atoms with E-state index in [1.54, 1.807) is 0 Å². The van der Waals surface area contributed by atoms with Crippen LogP contribution in [0.2, 0.25) is 0 Å². The van der Waals surface area contributed by atoms with Crippen LogP contribution in [0, 0.1) is 23.0 Å². The van der Waals surface area contributed by atoms with Crippen LogP contribution in [-0.2, 0) is 0 Å². The lowest BCUT2D eigenvalue weighted by molar-refractivity contribution is 0.134. The number of methoxy groups -OCH3 is 1. The van der Waals surface area contributed by atoms with Crippen molar-refractivity contribution >= 4 is 15.9 Å². The fraction of sp³-hybridized carbons (Fsp3) is 0.625. The molecule has 1 fully saturated rings. The van der Waals surface area contributed by atoms with Crippen LogP contribution in [0.3, 0.4) is 0 Å². The summed E-state index contributed by atoms with van der Waals surface area (Å²) >= 11 is 3.55. The lowest BCUT2D eigenvalue weighted by Gasteiger charge is -2.41. The number of ether oxygens (including phenoxy) is 1. The van der Waals surface area contributed by atoms with Gasteiger partial charge in [0.15, 0.2) is 0 Å². The van der Waals surface area contributed by atoms with Crippen LogP contribution < -0.4 is 4.74 Å². The van der Waals surface area contributed by atoms with Crippen molar-refractivity contribution in [2.75, 3.05) is 7.11 Å². The minimum Gasteiger partial charge on any atom is -0.497 e. The van der Waals surface area contributed by atoms with Crippen molar-refractivity contribution < 1.29 is 13.5 Å². The minimum absolute atomic E-state index is 0.0885. The predicted octanol–water partition coefficient (Wildman–Crippen LogP) is 5.63. The van der Waals surface area contributed by atoms with Crippen LogP contribution in [0.4, 0.5) is 8.78 Å². The van der Waals surface area contributed by atoms with Gasteiger partial charge in [0.1, 0.15) is 17.4 Å². The average molecular weight is 347 g/mol. The van der Waals surface area contributed by atoms with E-state index in [2.05, 4.69) is 29.8 Å². The summed E-state index contributed by atoms with van der Waals surface area (Å²) in [6.45, 7) is 4.37. The second kappa shape index (κ2) is 6.00. The third-order valence-electron chi connectivity index (χ3n) is 4.51. The van der Waals surface area contributed by atoms with E-state index < -0.39 is 11.6 Å². The maximum atomic E-state index is 14.2. The number of alkyl halides is 1. The van der Waals surface area contributed by atoms with Gasteiger partial charge >= 0.3 is 0 Å². The van der Waals surface area contributed by atoms with Crippen LogP contribution in [0.5, 0.6) is 5.75 Å². The molecule has 1 nitrogen and oxygen atoms in total. The van der Waals surface area contributed by atoms with Crippen LogP contribution in [0.15, 0.2) is 12.1 Å². The molecule has 4 heteroatoms. The van der Waals surface area contributed by atoms with Crippen molar-refractivity contribution in [1.82, 2.24) is 0 Å². The van der Waals surface area contributed by atoms with Gasteiger partial charge in [0.2, 0.25) is 0 Å². The SMILES string of the molecule is COc1cc(F)c(C(Br)C2CCCCC2(C)C)c(F)c1. The first-order chi connectivity index (χ1) is 9.36. The van der Waals surface area contributed by atoms with Gasteiger partial charge in [-0.2, -0.15) is 0 Å². The fourth-order valence-corrected chi connectivity index (χ4v) is 4.62. The molecule has 0 heterocycles. The molecule has 0 radical (unpaired) electrons. The standard InChI is InChI=1S/C16H21BrF2O/c1-16(2)7-5-4-6-11(16)15(17)14-12(18)8-10(20-3)9-13(14)19/h8-9,11,15H,4-7H2,1-3H3. The average Bonchev–Trinajstić information content (AvgIpc) is 2.36. The van der Waals surface area contributed by atoms with E-state index in [9.17, 15) is 8.78 Å². The lowest BCUT2D eigenvalue weighted by Crippen LogP contribution is -2.31. The normalized spacial score (nSPS) is 23.4. The summed E-state index contributed by atoms with van der Waals surface area (Å²) < 4.78 is 33.3. The molecule has 1 aromatic carbocycles. The first kappa shape index (κ1) is 15.7. The minimum atomic E-state index is -0.537. The Balaban J connectivity index is 2.35. The van der Waals surface area contributed by atoms with Gasteiger partial charge in [-0.1, -0.05) is 42.6 Å². The smallest absolute Gasteiger partial charge is 0.134 e. The molecule has 20 heavy (non-hydrogen) atoms. The van der Waals surface area contributed by atoms with Crippen molar-refractivity contribution in [3.8, 4) is 5.75 Å². The van der Waals surface area contributed by atoms with E-state index in [4.69, 9.17) is 4.74 Å². The zero-order chi connectivity index (χ0) is 14.9. The molecular weight excluding hydrogens is 326 g/mol. The molecule has 0 aromatic heterocycles. The molecule has 0 saturated heterocycles. The Morgan fingerprint density at radius 2 is 1.85 bits per heavy atom. The van der Waals surface area contributed by atoms with Gasteiger partial charge in [-0.05, 0) is 24.2 Å². The Hall–Kier alpha value is -0.640. The maximum absolute atomic E-state index is 14.2. The molecule has 2 atom stereocenters. The molecular formula is C16H21BrF2O. The predicted molar refractivity (Wildman–Crippen MR) is 80.3 cm³/mol. The Morgan fingerprint density at radius 1 is 1.25 bits per heavy atom. The van der Waals surface area contributed by atoms with E-state index in [1.807, 2.05) is 0 Å². The summed E-state index contributed by atoms with van der Waals surface area (Å²) in [5.74, 6) is -0.629. The third kappa shape index (κ3) is 3.00. The highest BCUT2D eigenvalue weighted by molar-refractivity contribution is 9.09. The van der Waals surface area contributed by atoms with E-state index in [-0.39, 0.29) is 27.5 Å². The summed E-state index contributed by atoms with van der Waals surface area (Å²) in [4.78, 5) is -0.302. The van der Waals surface area contributed by atoms with Crippen molar-refractivity contribution in [3.05, 3.63) is 29.3 Å². The molecule has 1 aliphatic rings. The molecule has 0 bridgehead atoms. The highest BCUT2D eigenvalue weighted by Gasteiger charge is 2.39. The van der Waals surface area contributed by atoms with Gasteiger partial charge in [-0.15, -0.1) is 0 Å². The van der Waals surface area contributed by atoms with Crippen LogP contribution in [0.25, 0.3) is 0 Å². The third-order valence-corrected chi connectivity index (χ3v) is 5.60. The molecule has 1 saturated carbocycles. The van der Waals surface area contributed by atoms with E-state index in [0.717, 1.165) is 19.3 Å². The summed E-state index contributed by atoms with van der Waals surface area (Å²) in [5.41, 5.74) is 0.219. The van der Waals surface area contributed by atoms with Gasteiger partial charge < -0.3 is 4.74 Å². The van der Waals surface area contributed by atoms with E-state index in [1.165, 1.54) is 25.7 Å².